The molecule has 2 aromatic rings. The fourth-order valence-corrected chi connectivity index (χ4v) is 2.76. The zero-order chi connectivity index (χ0) is 21.5. The van der Waals surface area contributed by atoms with Crippen LogP contribution >= 0.6 is 10.7 Å². The van der Waals surface area contributed by atoms with Crippen LogP contribution < -0.4 is 5.14 Å². The number of carbonyl (C=O) groups excluding carboxylic acids is 2. The Hall–Kier alpha value is -2.61. The number of hydrogen-bond acceptors (Lipinski definition) is 10. The van der Waals surface area contributed by atoms with Crippen molar-refractivity contribution < 1.29 is 35.9 Å². The lowest BCUT2D eigenvalue weighted by molar-refractivity contribution is 0.0584. The van der Waals surface area contributed by atoms with Gasteiger partial charge in [0, 0.05) is 10.7 Å². The smallest absolute Gasteiger partial charge is 0.356 e. The maximum Gasteiger partial charge on any atom is 0.356 e. The first-order valence-corrected chi connectivity index (χ1v) is 10.8. The van der Waals surface area contributed by atoms with Gasteiger partial charge >= 0.3 is 11.9 Å². The molecule has 0 aromatic carbocycles. The summed E-state index contributed by atoms with van der Waals surface area (Å²) < 4.78 is 52.1. The Balaban J connectivity index is 0.000000280. The molecule has 0 aliphatic heterocycles. The van der Waals surface area contributed by atoms with Gasteiger partial charge in [0.05, 0.1) is 14.2 Å². The average Bonchev–Trinajstić information content (AvgIpc) is 2.66. The van der Waals surface area contributed by atoms with E-state index >= 15 is 0 Å². The molecule has 2 rings (SSSR count). The van der Waals surface area contributed by atoms with E-state index in [-0.39, 0.29) is 21.4 Å². The van der Waals surface area contributed by atoms with Crippen molar-refractivity contribution in [1.82, 2.24) is 9.97 Å². The van der Waals surface area contributed by atoms with Crippen molar-refractivity contribution in [2.75, 3.05) is 14.2 Å². The average molecular weight is 452 g/mol. The van der Waals surface area contributed by atoms with Gasteiger partial charge in [-0.05, 0) is 24.3 Å². The fraction of sp³-hybridized carbons (Fsp3) is 0.143. The van der Waals surface area contributed by atoms with Crippen molar-refractivity contribution in [1.29, 1.82) is 0 Å². The molecule has 0 spiro atoms. The van der Waals surface area contributed by atoms with Gasteiger partial charge in [0.2, 0.25) is 0 Å². The highest BCUT2D eigenvalue weighted by Gasteiger charge is 2.15. The summed E-state index contributed by atoms with van der Waals surface area (Å²) in [7, 11) is -0.417. The summed E-state index contributed by atoms with van der Waals surface area (Å²) in [6, 6.07) is 7.77. The Labute approximate surface area is 164 Å². The van der Waals surface area contributed by atoms with Gasteiger partial charge in [-0.2, -0.15) is 0 Å². The SMILES string of the molecule is COC(=O)c1cccc(S(=O)(=O)Cl)n1.COC(=O)c1cccc(S(N)(=O)=O)n1. The lowest BCUT2D eigenvalue weighted by Crippen LogP contribution is -2.16. The van der Waals surface area contributed by atoms with Gasteiger partial charge in [-0.15, -0.1) is 0 Å². The molecule has 152 valence electrons. The lowest BCUT2D eigenvalue weighted by atomic mass is 10.4. The Morgan fingerprint density at radius 2 is 1.25 bits per heavy atom. The molecule has 0 bridgehead atoms. The maximum atomic E-state index is 11.0. The third-order valence-corrected chi connectivity index (χ3v) is 4.79. The van der Waals surface area contributed by atoms with E-state index in [1.807, 2.05) is 0 Å². The zero-order valence-corrected chi connectivity index (χ0v) is 16.8. The molecular weight excluding hydrogens is 438 g/mol. The number of methoxy groups -OCH3 is 2. The Bertz CT molecular complexity index is 1000. The van der Waals surface area contributed by atoms with E-state index in [1.54, 1.807) is 0 Å². The van der Waals surface area contributed by atoms with Crippen molar-refractivity contribution in [3.63, 3.8) is 0 Å². The molecule has 28 heavy (non-hydrogen) atoms. The summed E-state index contributed by atoms with van der Waals surface area (Å²) in [5.41, 5.74) is -0.201. The normalized spacial score (nSPS) is 11.0. The lowest BCUT2D eigenvalue weighted by Gasteiger charge is -2.00. The standard InChI is InChI=1S/C7H6ClNO4S.C7H8N2O4S/c2*1-13-7(10)5-3-2-4-6(9-5)14(8,11)12/h2-4H,1H3;2-4H,1H3,(H2,8,11,12). The van der Waals surface area contributed by atoms with Gasteiger partial charge in [0.1, 0.15) is 11.4 Å². The van der Waals surface area contributed by atoms with Crippen LogP contribution in [0.15, 0.2) is 46.5 Å². The number of primary sulfonamides is 1. The fourth-order valence-electron chi connectivity index (χ4n) is 1.56. The number of aromatic nitrogens is 2. The molecule has 0 unspecified atom stereocenters. The predicted molar refractivity (Wildman–Crippen MR) is 95.6 cm³/mol. The quantitative estimate of drug-likeness (QED) is 0.503. The van der Waals surface area contributed by atoms with Gasteiger partial charge in [-0.1, -0.05) is 12.1 Å². The molecule has 11 nitrogen and oxygen atoms in total. The number of carbonyl (C=O) groups is 2. The monoisotopic (exact) mass is 451 g/mol. The number of pyridine rings is 2. The van der Waals surface area contributed by atoms with Crippen LogP contribution in [0, 0.1) is 0 Å². The van der Waals surface area contributed by atoms with E-state index in [2.05, 4.69) is 19.4 Å². The Kier molecular flexibility index (Phi) is 7.99. The molecule has 0 aliphatic rings. The maximum absolute atomic E-state index is 11.0. The van der Waals surface area contributed by atoms with Crippen LogP contribution in [0.3, 0.4) is 0 Å². The number of rotatable bonds is 4. The number of esters is 2. The highest BCUT2D eigenvalue weighted by molar-refractivity contribution is 8.13. The third kappa shape index (κ3) is 6.84. The van der Waals surface area contributed by atoms with Crippen molar-refractivity contribution in [3.8, 4) is 0 Å². The van der Waals surface area contributed by atoms with E-state index < -0.39 is 31.0 Å². The van der Waals surface area contributed by atoms with Crippen LogP contribution in [0.25, 0.3) is 0 Å². The molecular formula is C14H14ClN3O8S2. The summed E-state index contributed by atoms with van der Waals surface area (Å²) >= 11 is 0. The van der Waals surface area contributed by atoms with E-state index in [0.717, 1.165) is 0 Å². The first-order valence-electron chi connectivity index (χ1n) is 6.98. The minimum absolute atomic E-state index is 0.0981. The summed E-state index contributed by atoms with van der Waals surface area (Å²) in [4.78, 5) is 29.0. The number of halogens is 1. The summed E-state index contributed by atoms with van der Waals surface area (Å²) in [6.07, 6.45) is 0. The van der Waals surface area contributed by atoms with Crippen molar-refractivity contribution in [2.24, 2.45) is 5.14 Å². The zero-order valence-electron chi connectivity index (χ0n) is 14.4. The molecule has 0 saturated heterocycles. The Morgan fingerprint density at radius 1 is 0.857 bits per heavy atom. The molecule has 0 atom stereocenters. The van der Waals surface area contributed by atoms with Gasteiger partial charge in [0.15, 0.2) is 10.1 Å². The molecule has 14 heteroatoms. The first kappa shape index (κ1) is 23.4. The van der Waals surface area contributed by atoms with Gasteiger partial charge in [-0.3, -0.25) is 0 Å². The van der Waals surface area contributed by atoms with Crippen LogP contribution in [-0.2, 0) is 28.5 Å². The van der Waals surface area contributed by atoms with Gasteiger partial charge in [-0.25, -0.2) is 41.5 Å². The van der Waals surface area contributed by atoms with E-state index in [0.29, 0.717) is 0 Å². The number of sulfonamides is 1. The second-order valence-electron chi connectivity index (χ2n) is 4.69. The summed E-state index contributed by atoms with van der Waals surface area (Å²) in [6.45, 7) is 0. The van der Waals surface area contributed by atoms with E-state index in [4.69, 9.17) is 15.8 Å². The van der Waals surface area contributed by atoms with Crippen LogP contribution in [0.4, 0.5) is 0 Å². The van der Waals surface area contributed by atoms with Crippen LogP contribution in [0.5, 0.6) is 0 Å². The van der Waals surface area contributed by atoms with Crippen LogP contribution in [-0.4, -0.2) is 53.0 Å². The molecule has 2 aromatic heterocycles. The molecule has 0 fully saturated rings. The first-order chi connectivity index (χ1) is 12.9. The molecule has 0 saturated carbocycles. The molecule has 0 amide bonds. The number of nitrogens with two attached hydrogens (primary N) is 1. The van der Waals surface area contributed by atoms with E-state index in [1.165, 1.54) is 50.6 Å². The van der Waals surface area contributed by atoms with Gasteiger partial charge in [0.25, 0.3) is 19.1 Å². The number of nitrogens with zero attached hydrogens (tertiary/aromatic N) is 2. The van der Waals surface area contributed by atoms with Crippen molar-refractivity contribution in [3.05, 3.63) is 47.8 Å². The third-order valence-electron chi connectivity index (χ3n) is 2.78. The second kappa shape index (κ2) is 9.54. The Morgan fingerprint density at radius 3 is 1.61 bits per heavy atom. The summed E-state index contributed by atoms with van der Waals surface area (Å²) in [5.74, 6) is -1.43. The van der Waals surface area contributed by atoms with E-state index in [9.17, 15) is 26.4 Å². The molecule has 0 radical (unpaired) electrons. The van der Waals surface area contributed by atoms with Gasteiger partial charge < -0.3 is 9.47 Å². The van der Waals surface area contributed by atoms with Crippen molar-refractivity contribution >= 4 is 41.7 Å². The predicted octanol–water partition coefficient (Wildman–Crippen LogP) is 0.311. The minimum Gasteiger partial charge on any atom is -0.464 e. The number of ether oxygens (including phenoxy) is 2. The van der Waals surface area contributed by atoms with Crippen molar-refractivity contribution in [2.45, 2.75) is 10.1 Å². The largest absolute Gasteiger partial charge is 0.464 e. The second-order valence-corrected chi connectivity index (χ2v) is 8.71. The topological polar surface area (TPSA) is 173 Å². The number of hydrogen-bond donors (Lipinski definition) is 1. The van der Waals surface area contributed by atoms with Crippen LogP contribution in [0.1, 0.15) is 21.0 Å². The molecule has 0 aliphatic carbocycles. The molecule has 2 heterocycles. The minimum atomic E-state index is -3.91. The highest BCUT2D eigenvalue weighted by atomic mass is 35.7. The molecule has 2 N–H and O–H groups in total. The summed E-state index contributed by atoms with van der Waals surface area (Å²) in [5, 5.41) is 4.09. The highest BCUT2D eigenvalue weighted by Crippen LogP contribution is 2.12. The van der Waals surface area contributed by atoms with Crippen LogP contribution in [0.2, 0.25) is 0 Å².